The first kappa shape index (κ1) is 20.0. The Hall–Kier alpha value is -3.32. The van der Waals surface area contributed by atoms with Crippen LogP contribution >= 0.6 is 0 Å². The summed E-state index contributed by atoms with van der Waals surface area (Å²) in [4.78, 5) is 2.23. The monoisotopic (exact) mass is 391 g/mol. The van der Waals surface area contributed by atoms with E-state index in [1.54, 1.807) is 0 Å². The van der Waals surface area contributed by atoms with E-state index in [2.05, 4.69) is 136 Å². The van der Waals surface area contributed by atoms with E-state index in [9.17, 15) is 0 Å². The Labute approximate surface area is 180 Å². The highest BCUT2D eigenvalue weighted by Crippen LogP contribution is 2.31. The van der Waals surface area contributed by atoms with Crippen LogP contribution in [0.15, 0.2) is 103 Å². The van der Waals surface area contributed by atoms with Crippen LogP contribution in [0, 0.1) is 0 Å². The van der Waals surface area contributed by atoms with Crippen LogP contribution in [0.1, 0.15) is 26.3 Å². The van der Waals surface area contributed by atoms with Gasteiger partial charge in [-0.1, -0.05) is 93.6 Å². The zero-order valence-electron chi connectivity index (χ0n) is 18.3. The first-order valence-electron chi connectivity index (χ1n) is 10.5. The van der Waals surface area contributed by atoms with Crippen LogP contribution in [-0.2, 0) is 5.41 Å². The van der Waals surface area contributed by atoms with Gasteiger partial charge in [-0.2, -0.15) is 0 Å². The SMILES string of the molecule is CN(c1ccc(-c2cccc(-c3ccccc3)c2)cc1)c1ccc(C(C)(C)C)cc1. The molecule has 0 aromatic heterocycles. The molecule has 4 aromatic carbocycles. The second-order valence-corrected chi connectivity index (χ2v) is 8.85. The highest BCUT2D eigenvalue weighted by Gasteiger charge is 2.14. The summed E-state index contributed by atoms with van der Waals surface area (Å²) in [5.74, 6) is 0. The number of hydrogen-bond donors (Lipinski definition) is 0. The Kier molecular flexibility index (Phi) is 5.46. The maximum Gasteiger partial charge on any atom is 0.0408 e. The molecule has 4 aromatic rings. The second-order valence-electron chi connectivity index (χ2n) is 8.85. The van der Waals surface area contributed by atoms with Gasteiger partial charge >= 0.3 is 0 Å². The van der Waals surface area contributed by atoms with Crippen molar-refractivity contribution in [1.82, 2.24) is 0 Å². The molecule has 0 radical (unpaired) electrons. The largest absolute Gasteiger partial charge is 0.345 e. The molecule has 0 fully saturated rings. The van der Waals surface area contributed by atoms with E-state index >= 15 is 0 Å². The summed E-state index contributed by atoms with van der Waals surface area (Å²) in [6.07, 6.45) is 0. The molecule has 0 heterocycles. The first-order chi connectivity index (χ1) is 14.4. The molecule has 0 N–H and O–H groups in total. The Morgan fingerprint density at radius 1 is 0.500 bits per heavy atom. The summed E-state index contributed by atoms with van der Waals surface area (Å²) in [6, 6.07) is 37.0. The predicted octanol–water partition coefficient (Wildman–Crippen LogP) is 8.09. The van der Waals surface area contributed by atoms with Gasteiger partial charge < -0.3 is 4.90 Å². The predicted molar refractivity (Wildman–Crippen MR) is 131 cm³/mol. The average molecular weight is 392 g/mol. The van der Waals surface area contributed by atoms with Gasteiger partial charge in [0.05, 0.1) is 0 Å². The van der Waals surface area contributed by atoms with E-state index in [1.807, 2.05) is 0 Å². The van der Waals surface area contributed by atoms with Crippen molar-refractivity contribution in [3.8, 4) is 22.3 Å². The quantitative estimate of drug-likeness (QED) is 0.340. The maximum atomic E-state index is 2.26. The van der Waals surface area contributed by atoms with E-state index in [0.717, 1.165) is 0 Å². The topological polar surface area (TPSA) is 3.24 Å². The number of nitrogens with zero attached hydrogens (tertiary/aromatic N) is 1. The molecule has 1 nitrogen and oxygen atoms in total. The molecular formula is C29H29N. The zero-order chi connectivity index (χ0) is 21.1. The third-order valence-electron chi connectivity index (χ3n) is 5.68. The van der Waals surface area contributed by atoms with Crippen molar-refractivity contribution in [2.24, 2.45) is 0 Å². The average Bonchev–Trinajstić information content (AvgIpc) is 2.79. The van der Waals surface area contributed by atoms with Crippen LogP contribution < -0.4 is 4.90 Å². The minimum absolute atomic E-state index is 0.174. The minimum Gasteiger partial charge on any atom is -0.345 e. The van der Waals surface area contributed by atoms with E-state index in [4.69, 9.17) is 0 Å². The number of rotatable bonds is 4. The molecular weight excluding hydrogens is 362 g/mol. The van der Waals surface area contributed by atoms with Crippen molar-refractivity contribution in [2.45, 2.75) is 26.2 Å². The number of anilines is 2. The summed E-state index contributed by atoms with van der Waals surface area (Å²) < 4.78 is 0. The molecule has 4 rings (SSSR count). The minimum atomic E-state index is 0.174. The van der Waals surface area contributed by atoms with Crippen LogP contribution in [0.25, 0.3) is 22.3 Å². The number of hydrogen-bond acceptors (Lipinski definition) is 1. The lowest BCUT2D eigenvalue weighted by molar-refractivity contribution is 0.590. The van der Waals surface area contributed by atoms with Crippen molar-refractivity contribution in [3.63, 3.8) is 0 Å². The van der Waals surface area contributed by atoms with Crippen molar-refractivity contribution in [1.29, 1.82) is 0 Å². The number of benzene rings is 4. The summed E-state index contributed by atoms with van der Waals surface area (Å²) in [6.45, 7) is 6.74. The molecule has 0 saturated carbocycles. The fraction of sp³-hybridized carbons (Fsp3) is 0.172. The van der Waals surface area contributed by atoms with Crippen LogP contribution in [0.5, 0.6) is 0 Å². The normalized spacial score (nSPS) is 11.3. The van der Waals surface area contributed by atoms with Crippen molar-refractivity contribution >= 4 is 11.4 Å². The highest BCUT2D eigenvalue weighted by atomic mass is 15.1. The van der Waals surface area contributed by atoms with E-state index < -0.39 is 0 Å². The molecule has 1 heteroatoms. The molecule has 0 atom stereocenters. The zero-order valence-corrected chi connectivity index (χ0v) is 18.3. The van der Waals surface area contributed by atoms with Gasteiger partial charge in [0, 0.05) is 18.4 Å². The standard InChI is InChI=1S/C29H29N/c1-29(2,3)26-15-19-28(20-16-26)30(4)27-17-13-23(14-18-27)25-12-8-11-24(21-25)22-9-6-5-7-10-22/h5-21H,1-4H3. The van der Waals surface area contributed by atoms with Gasteiger partial charge in [-0.05, 0) is 63.6 Å². The van der Waals surface area contributed by atoms with Crippen LogP contribution in [0.4, 0.5) is 11.4 Å². The van der Waals surface area contributed by atoms with Crippen LogP contribution in [-0.4, -0.2) is 7.05 Å². The van der Waals surface area contributed by atoms with Gasteiger partial charge in [-0.3, -0.25) is 0 Å². The Morgan fingerprint density at radius 2 is 0.967 bits per heavy atom. The fourth-order valence-electron chi connectivity index (χ4n) is 3.72. The Balaban J connectivity index is 1.56. The maximum absolute atomic E-state index is 2.26. The summed E-state index contributed by atoms with van der Waals surface area (Å²) in [5, 5.41) is 0. The van der Waals surface area contributed by atoms with Gasteiger partial charge in [-0.25, -0.2) is 0 Å². The Bertz CT molecular complexity index is 1100. The second kappa shape index (κ2) is 8.20. The lowest BCUT2D eigenvalue weighted by atomic mass is 9.87. The van der Waals surface area contributed by atoms with Crippen LogP contribution in [0.2, 0.25) is 0 Å². The molecule has 0 aliphatic heterocycles. The molecule has 30 heavy (non-hydrogen) atoms. The lowest BCUT2D eigenvalue weighted by Gasteiger charge is -2.23. The molecule has 0 saturated heterocycles. The van der Waals surface area contributed by atoms with E-state index in [1.165, 1.54) is 39.2 Å². The molecule has 0 aliphatic rings. The molecule has 0 spiro atoms. The summed E-state index contributed by atoms with van der Waals surface area (Å²) >= 11 is 0. The molecule has 0 unspecified atom stereocenters. The van der Waals surface area contributed by atoms with Crippen molar-refractivity contribution in [2.75, 3.05) is 11.9 Å². The van der Waals surface area contributed by atoms with Crippen molar-refractivity contribution < 1.29 is 0 Å². The summed E-state index contributed by atoms with van der Waals surface area (Å²) in [7, 11) is 2.12. The first-order valence-corrected chi connectivity index (χ1v) is 10.5. The lowest BCUT2D eigenvalue weighted by Crippen LogP contribution is -2.12. The van der Waals surface area contributed by atoms with Gasteiger partial charge in [0.2, 0.25) is 0 Å². The summed E-state index contributed by atoms with van der Waals surface area (Å²) in [5.41, 5.74) is 8.86. The third-order valence-corrected chi connectivity index (χ3v) is 5.68. The van der Waals surface area contributed by atoms with E-state index in [0.29, 0.717) is 0 Å². The molecule has 0 aliphatic carbocycles. The highest BCUT2D eigenvalue weighted by molar-refractivity contribution is 5.74. The molecule has 150 valence electrons. The van der Waals surface area contributed by atoms with Gasteiger partial charge in [0.15, 0.2) is 0 Å². The molecule has 0 amide bonds. The van der Waals surface area contributed by atoms with Gasteiger partial charge in [0.25, 0.3) is 0 Å². The van der Waals surface area contributed by atoms with Gasteiger partial charge in [-0.15, -0.1) is 0 Å². The smallest absolute Gasteiger partial charge is 0.0408 e. The fourth-order valence-corrected chi connectivity index (χ4v) is 3.72. The Morgan fingerprint density at radius 3 is 1.50 bits per heavy atom. The van der Waals surface area contributed by atoms with Gasteiger partial charge in [0.1, 0.15) is 0 Å². The third kappa shape index (κ3) is 4.31. The van der Waals surface area contributed by atoms with Crippen LogP contribution in [0.3, 0.4) is 0 Å². The van der Waals surface area contributed by atoms with Crippen molar-refractivity contribution in [3.05, 3.63) is 109 Å². The van der Waals surface area contributed by atoms with E-state index in [-0.39, 0.29) is 5.41 Å². The molecule has 0 bridgehead atoms.